The number of fused-ring (bicyclic) bond motifs is 2. The summed E-state index contributed by atoms with van der Waals surface area (Å²) in [6, 6.07) is 9.60. The molecule has 0 radical (unpaired) electrons. The van der Waals surface area contributed by atoms with Crippen molar-refractivity contribution in [1.82, 2.24) is 5.32 Å². The Morgan fingerprint density at radius 2 is 1.95 bits per heavy atom. The number of nitrogens with one attached hydrogen (secondary N) is 1. The number of rotatable bonds is 4. The number of methoxy groups -OCH3 is 2. The first-order chi connectivity index (χ1) is 9.81. The number of benzene rings is 1. The van der Waals surface area contributed by atoms with Gasteiger partial charge in [-0.1, -0.05) is 36.8 Å². The summed E-state index contributed by atoms with van der Waals surface area (Å²) in [4.78, 5) is 0. The predicted molar refractivity (Wildman–Crippen MR) is 80.4 cm³/mol. The molecule has 0 spiro atoms. The van der Waals surface area contributed by atoms with E-state index in [0.717, 1.165) is 12.0 Å². The van der Waals surface area contributed by atoms with E-state index in [1.807, 2.05) is 6.07 Å². The molecule has 0 aromatic heterocycles. The Bertz CT molecular complexity index is 494. The first-order valence-electron chi connectivity index (χ1n) is 7.43. The zero-order chi connectivity index (χ0) is 13.9. The van der Waals surface area contributed by atoms with E-state index < -0.39 is 0 Å². The van der Waals surface area contributed by atoms with Gasteiger partial charge in [0.1, 0.15) is 0 Å². The van der Waals surface area contributed by atoms with Gasteiger partial charge in [0.05, 0.1) is 0 Å². The highest BCUT2D eigenvalue weighted by atomic mass is 16.7. The Morgan fingerprint density at radius 1 is 1.15 bits per heavy atom. The summed E-state index contributed by atoms with van der Waals surface area (Å²) >= 11 is 0. The third-order valence-electron chi connectivity index (χ3n) is 4.38. The molecule has 108 valence electrons. The minimum Gasteiger partial charge on any atom is -0.352 e. The monoisotopic (exact) mass is 273 g/mol. The first kappa shape index (κ1) is 13.8. The molecule has 1 aromatic rings. The van der Waals surface area contributed by atoms with Crippen molar-refractivity contribution in [3.8, 4) is 0 Å². The molecular weight excluding hydrogens is 250 g/mol. The smallest absolute Gasteiger partial charge is 0.183 e. The predicted octanol–water partition coefficient (Wildman–Crippen LogP) is 3.28. The molecule has 1 aromatic carbocycles. The van der Waals surface area contributed by atoms with E-state index in [-0.39, 0.29) is 6.29 Å². The summed E-state index contributed by atoms with van der Waals surface area (Å²) in [7, 11) is 3.38. The van der Waals surface area contributed by atoms with Crippen molar-refractivity contribution in [2.75, 3.05) is 14.2 Å². The van der Waals surface area contributed by atoms with Gasteiger partial charge in [-0.25, -0.2) is 0 Å². The molecule has 0 amide bonds. The van der Waals surface area contributed by atoms with Crippen LogP contribution in [0.5, 0.6) is 0 Å². The van der Waals surface area contributed by atoms with Crippen molar-refractivity contribution in [1.29, 1.82) is 0 Å². The molecule has 2 unspecified atom stereocenters. The van der Waals surface area contributed by atoms with E-state index in [4.69, 9.17) is 9.47 Å². The zero-order valence-electron chi connectivity index (χ0n) is 12.3. The van der Waals surface area contributed by atoms with Crippen LogP contribution in [0.1, 0.15) is 43.1 Å². The number of piperidine rings is 1. The lowest BCUT2D eigenvalue weighted by Gasteiger charge is -2.35. The average molecular weight is 273 g/mol. The van der Waals surface area contributed by atoms with Gasteiger partial charge in [-0.05, 0) is 30.4 Å². The molecule has 0 saturated carbocycles. The van der Waals surface area contributed by atoms with Crippen molar-refractivity contribution in [3.63, 3.8) is 0 Å². The molecule has 0 aliphatic carbocycles. The lowest BCUT2D eigenvalue weighted by Crippen LogP contribution is -2.44. The van der Waals surface area contributed by atoms with E-state index in [1.165, 1.54) is 30.4 Å². The van der Waals surface area contributed by atoms with Gasteiger partial charge >= 0.3 is 0 Å². The maximum absolute atomic E-state index is 5.45. The number of hydrogen-bond donors (Lipinski definition) is 1. The number of ether oxygens (including phenoxy) is 2. The molecule has 2 aliphatic rings. The quantitative estimate of drug-likeness (QED) is 0.854. The summed E-state index contributed by atoms with van der Waals surface area (Å²) in [6.45, 7) is 0. The standard InChI is InChI=1S/C17H23NO2/c1-19-17(20-2)16-9-4-3-8-15(16)12-10-13-6-5-7-14(11-12)18-13/h3-4,8-10,13-14,17-18H,5-7,11H2,1-2H3. The van der Waals surface area contributed by atoms with E-state index in [1.54, 1.807) is 14.2 Å². The Kier molecular flexibility index (Phi) is 4.20. The van der Waals surface area contributed by atoms with Gasteiger partial charge in [-0.15, -0.1) is 0 Å². The van der Waals surface area contributed by atoms with Crippen LogP contribution >= 0.6 is 0 Å². The average Bonchev–Trinajstić information content (AvgIpc) is 2.48. The third-order valence-corrected chi connectivity index (χ3v) is 4.38. The Hall–Kier alpha value is -1.16. The molecule has 1 N–H and O–H groups in total. The molecule has 3 nitrogen and oxygen atoms in total. The zero-order valence-corrected chi connectivity index (χ0v) is 12.3. The van der Waals surface area contributed by atoms with E-state index in [9.17, 15) is 0 Å². The minimum absolute atomic E-state index is 0.290. The van der Waals surface area contributed by atoms with Crippen molar-refractivity contribution >= 4 is 5.57 Å². The topological polar surface area (TPSA) is 30.5 Å². The van der Waals surface area contributed by atoms with Crippen molar-refractivity contribution in [2.24, 2.45) is 0 Å². The molecule has 1 fully saturated rings. The summed E-state index contributed by atoms with van der Waals surface area (Å²) in [5.41, 5.74) is 3.84. The van der Waals surface area contributed by atoms with Gasteiger partial charge in [0.2, 0.25) is 0 Å². The van der Waals surface area contributed by atoms with E-state index >= 15 is 0 Å². The molecule has 1 saturated heterocycles. The van der Waals surface area contributed by atoms with Gasteiger partial charge in [0.25, 0.3) is 0 Å². The lowest BCUT2D eigenvalue weighted by atomic mass is 9.83. The highest BCUT2D eigenvalue weighted by molar-refractivity contribution is 5.70. The molecular formula is C17H23NO2. The fourth-order valence-electron chi connectivity index (χ4n) is 3.47. The maximum atomic E-state index is 5.45. The SMILES string of the molecule is COC(OC)c1ccccc1C1=CC2CCCC(C1)N2. The molecule has 2 bridgehead atoms. The van der Waals surface area contributed by atoms with Crippen LogP contribution in [0.4, 0.5) is 0 Å². The van der Waals surface area contributed by atoms with Gasteiger partial charge in [-0.3, -0.25) is 0 Å². The van der Waals surface area contributed by atoms with Gasteiger partial charge in [-0.2, -0.15) is 0 Å². The van der Waals surface area contributed by atoms with Crippen LogP contribution in [0, 0.1) is 0 Å². The Morgan fingerprint density at radius 3 is 2.70 bits per heavy atom. The van der Waals surface area contributed by atoms with Gasteiger partial charge < -0.3 is 14.8 Å². The Balaban J connectivity index is 1.95. The summed E-state index contributed by atoms with van der Waals surface area (Å²) < 4.78 is 10.9. The second kappa shape index (κ2) is 6.08. The highest BCUT2D eigenvalue weighted by Crippen LogP contribution is 2.34. The van der Waals surface area contributed by atoms with Crippen LogP contribution in [0.3, 0.4) is 0 Å². The van der Waals surface area contributed by atoms with Gasteiger partial charge in [0, 0.05) is 31.9 Å². The van der Waals surface area contributed by atoms with Crippen LogP contribution < -0.4 is 5.32 Å². The summed E-state index contributed by atoms with van der Waals surface area (Å²) in [6.07, 6.45) is 7.09. The van der Waals surface area contributed by atoms with E-state index in [0.29, 0.717) is 12.1 Å². The second-order valence-electron chi connectivity index (χ2n) is 5.69. The van der Waals surface area contributed by atoms with Crippen LogP contribution in [-0.4, -0.2) is 26.3 Å². The largest absolute Gasteiger partial charge is 0.352 e. The molecule has 2 atom stereocenters. The van der Waals surface area contributed by atoms with Crippen LogP contribution in [-0.2, 0) is 9.47 Å². The Labute approximate surface area is 121 Å². The van der Waals surface area contributed by atoms with Gasteiger partial charge in [0.15, 0.2) is 6.29 Å². The molecule has 3 rings (SSSR count). The molecule has 3 heteroatoms. The summed E-state index contributed by atoms with van der Waals surface area (Å²) in [5, 5.41) is 3.69. The molecule has 2 aliphatic heterocycles. The highest BCUT2D eigenvalue weighted by Gasteiger charge is 2.27. The summed E-state index contributed by atoms with van der Waals surface area (Å²) in [5.74, 6) is 0. The van der Waals surface area contributed by atoms with Crippen LogP contribution in [0.2, 0.25) is 0 Å². The molecule has 2 heterocycles. The lowest BCUT2D eigenvalue weighted by molar-refractivity contribution is -0.106. The van der Waals surface area contributed by atoms with Crippen LogP contribution in [0.25, 0.3) is 5.57 Å². The maximum Gasteiger partial charge on any atom is 0.183 e. The normalized spacial score (nSPS) is 25.6. The van der Waals surface area contributed by atoms with Crippen molar-refractivity contribution in [3.05, 3.63) is 41.5 Å². The third kappa shape index (κ3) is 2.66. The van der Waals surface area contributed by atoms with Crippen molar-refractivity contribution in [2.45, 2.75) is 44.1 Å². The van der Waals surface area contributed by atoms with Crippen molar-refractivity contribution < 1.29 is 9.47 Å². The fraction of sp³-hybridized carbons (Fsp3) is 0.529. The first-order valence-corrected chi connectivity index (χ1v) is 7.43. The van der Waals surface area contributed by atoms with E-state index in [2.05, 4.69) is 29.6 Å². The second-order valence-corrected chi connectivity index (χ2v) is 5.69. The number of hydrogen-bond acceptors (Lipinski definition) is 3. The van der Waals surface area contributed by atoms with Crippen LogP contribution in [0.15, 0.2) is 30.3 Å². The minimum atomic E-state index is -0.290. The fourth-order valence-corrected chi connectivity index (χ4v) is 3.47. The molecule has 20 heavy (non-hydrogen) atoms.